The van der Waals surface area contributed by atoms with Gasteiger partial charge in [-0.25, -0.2) is 0 Å². The van der Waals surface area contributed by atoms with E-state index in [4.69, 9.17) is 0 Å². The Bertz CT molecular complexity index is 2970. The number of likely N-dealkylation sites (tertiary alicyclic amines) is 2. The first-order valence-corrected chi connectivity index (χ1v) is 28.4. The van der Waals surface area contributed by atoms with E-state index in [-0.39, 0.29) is 79.3 Å². The second kappa shape index (κ2) is 25.5. The smallest absolute Gasteiger partial charge is 0.253 e. The number of aromatic nitrogens is 2. The number of hydrogen-bond acceptors (Lipinski definition) is 12. The van der Waals surface area contributed by atoms with Crippen LogP contribution in [0.5, 0.6) is 0 Å². The van der Waals surface area contributed by atoms with Crippen LogP contribution in [-0.4, -0.2) is 143 Å². The highest BCUT2D eigenvalue weighted by Crippen LogP contribution is 2.34. The zero-order valence-corrected chi connectivity index (χ0v) is 48.1. The van der Waals surface area contributed by atoms with Gasteiger partial charge in [0.25, 0.3) is 11.8 Å². The fraction of sp³-hybridized carbons (Fsp3) is 0.508. The summed E-state index contributed by atoms with van der Waals surface area (Å²) in [7, 11) is 3.30. The first-order chi connectivity index (χ1) is 38.5. The Kier molecular flexibility index (Phi) is 18.7. The molecule has 8 rings (SSSR count). The average molecular weight is 1110 g/mol. The fourth-order valence-corrected chi connectivity index (χ4v) is 11.5. The van der Waals surface area contributed by atoms with Gasteiger partial charge >= 0.3 is 0 Å². The van der Waals surface area contributed by atoms with Crippen LogP contribution in [0.1, 0.15) is 142 Å². The molecule has 4 heterocycles. The molecule has 0 spiro atoms. The second-order valence-electron chi connectivity index (χ2n) is 24.2. The molecule has 2 aromatic heterocycles. The second-order valence-corrected chi connectivity index (χ2v) is 24.2. The van der Waals surface area contributed by atoms with Crippen molar-refractivity contribution in [3.8, 4) is 11.4 Å². The van der Waals surface area contributed by atoms with Crippen LogP contribution in [0, 0.1) is 10.8 Å². The molecule has 20 nitrogen and oxygen atoms in total. The number of benzene rings is 2. The predicted molar refractivity (Wildman–Crippen MR) is 306 cm³/mol. The highest BCUT2D eigenvalue weighted by atomic mass is 16.2. The molecule has 20 heteroatoms. The minimum absolute atomic E-state index is 0.00173. The van der Waals surface area contributed by atoms with E-state index in [1.807, 2.05) is 77.9 Å². The zero-order valence-electron chi connectivity index (χ0n) is 48.1. The van der Waals surface area contributed by atoms with Gasteiger partial charge < -0.3 is 52.3 Å². The summed E-state index contributed by atoms with van der Waals surface area (Å²) < 4.78 is 0. The highest BCUT2D eigenvalue weighted by Gasteiger charge is 2.48. The molecule has 81 heavy (non-hydrogen) atoms. The first-order valence-electron chi connectivity index (χ1n) is 28.4. The molecule has 8 N–H and O–H groups in total. The van der Waals surface area contributed by atoms with Gasteiger partial charge in [0.2, 0.25) is 35.4 Å². The SMILES string of the molecule is CNCC(=O)NC(C(=O)N1C[C@@H](NC(=O)c2ccc(-c3ccc(C(=O)N[C@H]4CC(C(=O)N[C@@H]5CCCc6ccccc65)N(C(=O)[C@@H](NC(=O)[C@H](C)NC)C(C)(C)C)C4)cn3)nc2)CC1C(=O)N[C@@H]1CCCc2ccccc21)C(C)(C)C. The molecule has 0 saturated carbocycles. The van der Waals surface area contributed by atoms with Crippen molar-refractivity contribution in [2.24, 2.45) is 10.8 Å². The molecule has 2 aromatic carbocycles. The van der Waals surface area contributed by atoms with Gasteiger partial charge in [-0.1, -0.05) is 90.1 Å². The van der Waals surface area contributed by atoms with Crippen molar-refractivity contribution < 1.29 is 38.4 Å². The molecule has 9 atom stereocenters. The van der Waals surface area contributed by atoms with E-state index in [9.17, 15) is 38.4 Å². The number of nitrogens with one attached hydrogen (secondary N) is 8. The number of carbonyl (C=O) groups is 8. The van der Waals surface area contributed by atoms with E-state index in [0.29, 0.717) is 11.4 Å². The number of amides is 8. The van der Waals surface area contributed by atoms with Crippen molar-refractivity contribution in [1.29, 1.82) is 0 Å². The lowest BCUT2D eigenvalue weighted by Gasteiger charge is -2.36. The van der Waals surface area contributed by atoms with Crippen LogP contribution >= 0.6 is 0 Å². The minimum atomic E-state index is -0.972. The van der Waals surface area contributed by atoms with Gasteiger partial charge in [-0.05, 0) is 130 Å². The number of aryl methyl sites for hydroxylation is 2. The normalized spacial score (nSPS) is 21.7. The zero-order chi connectivity index (χ0) is 58.3. The van der Waals surface area contributed by atoms with E-state index >= 15 is 0 Å². The highest BCUT2D eigenvalue weighted by molar-refractivity contribution is 5.98. The third kappa shape index (κ3) is 14.1. The average Bonchev–Trinajstić information content (AvgIpc) is 4.33. The van der Waals surface area contributed by atoms with Crippen molar-refractivity contribution in [2.75, 3.05) is 33.7 Å². The molecule has 2 aliphatic carbocycles. The van der Waals surface area contributed by atoms with Crippen LogP contribution in [-0.2, 0) is 41.6 Å². The number of hydrogen-bond donors (Lipinski definition) is 8. The summed E-state index contributed by atoms with van der Waals surface area (Å²) in [6.07, 6.45) is 8.22. The van der Waals surface area contributed by atoms with Crippen molar-refractivity contribution in [3.63, 3.8) is 0 Å². The number of carbonyl (C=O) groups excluding carboxylic acids is 8. The Morgan fingerprint density at radius 3 is 1.41 bits per heavy atom. The van der Waals surface area contributed by atoms with Crippen LogP contribution in [0.3, 0.4) is 0 Å². The topological polar surface area (TPSA) is 265 Å². The monoisotopic (exact) mass is 1110 g/mol. The maximum absolute atomic E-state index is 14.6. The molecule has 2 saturated heterocycles. The lowest BCUT2D eigenvalue weighted by atomic mass is 9.85. The van der Waals surface area contributed by atoms with Crippen LogP contribution < -0.4 is 42.5 Å². The summed E-state index contributed by atoms with van der Waals surface area (Å²) in [6.45, 7) is 12.9. The van der Waals surface area contributed by atoms with Crippen LogP contribution in [0.4, 0.5) is 0 Å². The molecule has 3 unspecified atom stereocenters. The van der Waals surface area contributed by atoms with Crippen LogP contribution in [0.25, 0.3) is 11.4 Å². The van der Waals surface area contributed by atoms with E-state index in [1.165, 1.54) is 33.3 Å². The first kappa shape index (κ1) is 59.5. The Hall–Kier alpha value is -7.58. The summed E-state index contributed by atoms with van der Waals surface area (Å²) in [6, 6.07) is 16.4. The molecule has 2 aliphatic heterocycles. The summed E-state index contributed by atoms with van der Waals surface area (Å²) in [5.41, 5.74) is 4.32. The maximum atomic E-state index is 14.6. The molecule has 0 bridgehead atoms. The van der Waals surface area contributed by atoms with Gasteiger partial charge in [-0.2, -0.15) is 0 Å². The van der Waals surface area contributed by atoms with Crippen LogP contribution in [0.15, 0.2) is 85.2 Å². The Morgan fingerprint density at radius 2 is 1.01 bits per heavy atom. The largest absolute Gasteiger partial charge is 0.347 e. The number of fused-ring (bicyclic) bond motifs is 2. The third-order valence-electron chi connectivity index (χ3n) is 16.1. The quantitative estimate of drug-likeness (QED) is 0.0751. The van der Waals surface area contributed by atoms with E-state index in [0.717, 1.165) is 49.7 Å². The maximum Gasteiger partial charge on any atom is 0.253 e. The van der Waals surface area contributed by atoms with E-state index in [2.05, 4.69) is 64.6 Å². The van der Waals surface area contributed by atoms with Gasteiger partial charge in [0.15, 0.2) is 0 Å². The molecule has 8 amide bonds. The summed E-state index contributed by atoms with van der Waals surface area (Å²) in [4.78, 5) is 124. The number of pyridine rings is 2. The van der Waals surface area contributed by atoms with Gasteiger partial charge in [0, 0.05) is 37.6 Å². The lowest BCUT2D eigenvalue weighted by molar-refractivity contribution is -0.144. The summed E-state index contributed by atoms with van der Waals surface area (Å²) >= 11 is 0. The Labute approximate surface area is 474 Å². The molecule has 0 radical (unpaired) electrons. The van der Waals surface area contributed by atoms with Crippen molar-refractivity contribution in [3.05, 3.63) is 119 Å². The van der Waals surface area contributed by atoms with E-state index < -0.39 is 76.8 Å². The molecule has 2 fully saturated rings. The van der Waals surface area contributed by atoms with Crippen LogP contribution in [0.2, 0.25) is 0 Å². The lowest BCUT2D eigenvalue weighted by Crippen LogP contribution is -2.59. The molecular formula is C61H80N12O8. The van der Waals surface area contributed by atoms with Crippen molar-refractivity contribution in [1.82, 2.24) is 62.3 Å². The van der Waals surface area contributed by atoms with Gasteiger partial charge in [-0.3, -0.25) is 48.3 Å². The Balaban J connectivity index is 0.933. The predicted octanol–water partition coefficient (Wildman–Crippen LogP) is 3.82. The summed E-state index contributed by atoms with van der Waals surface area (Å²) in [5, 5.41) is 24.0. The fourth-order valence-electron chi connectivity index (χ4n) is 11.5. The van der Waals surface area contributed by atoms with Crippen molar-refractivity contribution in [2.45, 2.75) is 154 Å². The van der Waals surface area contributed by atoms with E-state index in [1.54, 1.807) is 45.3 Å². The molecular weight excluding hydrogens is 1030 g/mol. The standard InChI is InChI=1S/C61H80N12O8/c1-35(63-9)53(75)71-52(61(5,6)7)59(81)73-34-41(29-49(73)57(79)69-45-23-15-19-37-17-11-13-21-43(37)45)67-55(77)39-25-27-47(65-31-39)46-26-24-38(30-64-46)54(76)66-40-28-48(56(78)68-44-22-14-18-36-16-10-12-20-42(36)44)72(33-40)58(80)51(60(2,3)4)70-50(74)32-62-8/h10-13,16-17,20-21,24-27,30-31,35,40-41,44-45,48-49,51-52,62-63H,14-15,18-19,22-23,28-29,32-34H2,1-9H3,(H,66,76)(H,67,77)(H,68,78)(H,69,79)(H,70,74)(H,71,75)/t35-,40-,41-,44+,45+,48?,49?,51?,52+/m0/s1. The molecule has 432 valence electrons. The molecule has 4 aliphatic rings. The van der Waals surface area contributed by atoms with Gasteiger partial charge in [0.1, 0.15) is 24.2 Å². The number of likely N-dealkylation sites (N-methyl/N-ethyl adjacent to an activating group) is 2. The summed E-state index contributed by atoms with van der Waals surface area (Å²) in [5.74, 6) is -3.16. The minimum Gasteiger partial charge on any atom is -0.347 e. The van der Waals surface area contributed by atoms with Gasteiger partial charge in [0.05, 0.1) is 47.2 Å². The third-order valence-corrected chi connectivity index (χ3v) is 16.1. The van der Waals surface area contributed by atoms with Gasteiger partial charge in [-0.15, -0.1) is 0 Å². The number of rotatable bonds is 17. The van der Waals surface area contributed by atoms with Crippen molar-refractivity contribution >= 4 is 47.3 Å². The Morgan fingerprint density at radius 1 is 0.580 bits per heavy atom. The number of nitrogens with zero attached hydrogens (tertiary/aromatic N) is 4. The molecule has 4 aromatic rings.